The molecule has 0 atom stereocenters. The molecule has 2 heterocycles. The first-order valence-electron chi connectivity index (χ1n) is 8.59. The molecule has 3 aromatic rings. The van der Waals surface area contributed by atoms with Crippen LogP contribution in [0, 0.1) is 11.7 Å². The van der Waals surface area contributed by atoms with Crippen molar-refractivity contribution in [1.29, 1.82) is 0 Å². The van der Waals surface area contributed by atoms with Crippen molar-refractivity contribution in [3.05, 3.63) is 64.8 Å². The monoisotopic (exact) mass is 406 g/mol. The predicted molar refractivity (Wildman–Crippen MR) is 108 cm³/mol. The lowest BCUT2D eigenvalue weighted by Crippen LogP contribution is -2.48. The lowest BCUT2D eigenvalue weighted by atomic mass is 10.0. The molecule has 4 rings (SSSR count). The molecule has 4 nitrogen and oxygen atoms in total. The molecular formula is C20H20ClFN2O2S. The molecule has 1 aliphatic heterocycles. The highest BCUT2D eigenvalue weighted by molar-refractivity contribution is 7.21. The van der Waals surface area contributed by atoms with E-state index in [9.17, 15) is 9.18 Å². The van der Waals surface area contributed by atoms with E-state index in [2.05, 4.69) is 10.6 Å². The van der Waals surface area contributed by atoms with Gasteiger partial charge in [0, 0.05) is 41.2 Å². The Morgan fingerprint density at radius 3 is 2.67 bits per heavy atom. The minimum absolute atomic E-state index is 0. The van der Waals surface area contributed by atoms with Gasteiger partial charge in [0.1, 0.15) is 18.2 Å². The van der Waals surface area contributed by atoms with Crippen LogP contribution in [0.4, 0.5) is 4.39 Å². The minimum Gasteiger partial charge on any atom is -0.489 e. The number of carbonyl (C=O) groups is 1. The number of fused-ring (bicyclic) bond motifs is 1. The summed E-state index contributed by atoms with van der Waals surface area (Å²) in [6.07, 6.45) is 0. The Morgan fingerprint density at radius 2 is 1.96 bits per heavy atom. The Hall–Kier alpha value is -2.15. The van der Waals surface area contributed by atoms with Gasteiger partial charge in [-0.15, -0.1) is 23.7 Å². The zero-order valence-corrected chi connectivity index (χ0v) is 16.2. The molecule has 1 aromatic heterocycles. The smallest absolute Gasteiger partial charge is 0.261 e. The van der Waals surface area contributed by atoms with Gasteiger partial charge in [0.05, 0.1) is 4.88 Å². The Kier molecular flexibility index (Phi) is 6.31. The van der Waals surface area contributed by atoms with Crippen LogP contribution < -0.4 is 15.4 Å². The first-order valence-corrected chi connectivity index (χ1v) is 9.40. The molecule has 1 aliphatic rings. The maximum atomic E-state index is 14.4. The summed E-state index contributed by atoms with van der Waals surface area (Å²) >= 11 is 1.31. The molecule has 0 saturated carbocycles. The molecule has 1 fully saturated rings. The van der Waals surface area contributed by atoms with E-state index in [1.54, 1.807) is 6.07 Å². The summed E-state index contributed by atoms with van der Waals surface area (Å²) in [5.74, 6) is 0.668. The van der Waals surface area contributed by atoms with Crippen LogP contribution in [0.2, 0.25) is 0 Å². The molecule has 0 aliphatic carbocycles. The summed E-state index contributed by atoms with van der Waals surface area (Å²) in [6, 6.07) is 14.3. The highest BCUT2D eigenvalue weighted by Crippen LogP contribution is 2.34. The molecule has 0 unspecified atom stereocenters. The standard InChI is InChI=1S/C20H19FN2O2S.ClH/c21-16-7-4-8-17-18(16)15(12-25-14-5-2-1-3-6-14)19(26-17)20(24)23-11-13-9-22-10-13;/h1-8,13,22H,9-12H2,(H,23,24);1H. The van der Waals surface area contributed by atoms with Crippen molar-refractivity contribution in [3.8, 4) is 5.75 Å². The largest absolute Gasteiger partial charge is 0.489 e. The van der Waals surface area contributed by atoms with Crippen LogP contribution >= 0.6 is 23.7 Å². The van der Waals surface area contributed by atoms with Crippen LogP contribution in [0.15, 0.2) is 48.5 Å². The number of carbonyl (C=O) groups excluding carboxylic acids is 1. The highest BCUT2D eigenvalue weighted by Gasteiger charge is 2.23. The van der Waals surface area contributed by atoms with E-state index in [0.29, 0.717) is 34.0 Å². The van der Waals surface area contributed by atoms with Crippen LogP contribution in [0.5, 0.6) is 5.75 Å². The third-order valence-corrected chi connectivity index (χ3v) is 5.71. The third-order valence-electron chi connectivity index (χ3n) is 4.51. The molecule has 2 aromatic carbocycles. The summed E-state index contributed by atoms with van der Waals surface area (Å²) < 4.78 is 21.0. The van der Waals surface area contributed by atoms with Gasteiger partial charge >= 0.3 is 0 Å². The fourth-order valence-corrected chi connectivity index (χ4v) is 4.11. The van der Waals surface area contributed by atoms with Crippen LogP contribution in [0.1, 0.15) is 15.2 Å². The van der Waals surface area contributed by atoms with Gasteiger partial charge in [0.15, 0.2) is 0 Å². The van der Waals surface area contributed by atoms with E-state index in [1.807, 2.05) is 36.4 Å². The van der Waals surface area contributed by atoms with E-state index in [1.165, 1.54) is 17.4 Å². The van der Waals surface area contributed by atoms with Crippen molar-refractivity contribution in [3.63, 3.8) is 0 Å². The summed E-state index contributed by atoms with van der Waals surface area (Å²) in [5, 5.41) is 6.63. The van der Waals surface area contributed by atoms with Crippen molar-refractivity contribution in [2.45, 2.75) is 6.61 Å². The summed E-state index contributed by atoms with van der Waals surface area (Å²) in [5.41, 5.74) is 0.608. The summed E-state index contributed by atoms with van der Waals surface area (Å²) in [4.78, 5) is 13.2. The number of halogens is 2. The average Bonchev–Trinajstić information content (AvgIpc) is 2.99. The number of hydrogen-bond donors (Lipinski definition) is 2. The molecule has 0 radical (unpaired) electrons. The molecule has 0 spiro atoms. The van der Waals surface area contributed by atoms with Gasteiger partial charge in [0.25, 0.3) is 5.91 Å². The second-order valence-electron chi connectivity index (χ2n) is 6.36. The third kappa shape index (κ3) is 4.24. The Morgan fingerprint density at radius 1 is 1.19 bits per heavy atom. The van der Waals surface area contributed by atoms with E-state index in [-0.39, 0.29) is 30.7 Å². The first kappa shape index (κ1) is 19.6. The number of rotatable bonds is 6. The number of para-hydroxylation sites is 1. The van der Waals surface area contributed by atoms with Crippen molar-refractivity contribution >= 4 is 39.7 Å². The molecule has 142 valence electrons. The predicted octanol–water partition coefficient (Wildman–Crippen LogP) is 3.99. The van der Waals surface area contributed by atoms with Crippen molar-refractivity contribution in [2.75, 3.05) is 19.6 Å². The van der Waals surface area contributed by atoms with Crippen LogP contribution in [0.25, 0.3) is 10.1 Å². The molecule has 1 saturated heterocycles. The Balaban J connectivity index is 0.00000210. The Bertz CT molecular complexity index is 928. The van der Waals surface area contributed by atoms with Crippen molar-refractivity contribution in [1.82, 2.24) is 10.6 Å². The summed E-state index contributed by atoms with van der Waals surface area (Å²) in [7, 11) is 0. The van der Waals surface area contributed by atoms with E-state index >= 15 is 0 Å². The number of thiophene rings is 1. The number of hydrogen-bond acceptors (Lipinski definition) is 4. The lowest BCUT2D eigenvalue weighted by molar-refractivity contribution is 0.0944. The average molecular weight is 407 g/mol. The molecule has 7 heteroatoms. The molecule has 27 heavy (non-hydrogen) atoms. The number of amides is 1. The van der Waals surface area contributed by atoms with Gasteiger partial charge in [-0.1, -0.05) is 24.3 Å². The second-order valence-corrected chi connectivity index (χ2v) is 7.41. The number of ether oxygens (including phenoxy) is 1. The fourth-order valence-electron chi connectivity index (χ4n) is 2.97. The molecular weight excluding hydrogens is 387 g/mol. The van der Waals surface area contributed by atoms with E-state index in [0.717, 1.165) is 17.8 Å². The number of benzene rings is 2. The van der Waals surface area contributed by atoms with Crippen LogP contribution in [-0.4, -0.2) is 25.5 Å². The Labute approximate surface area is 167 Å². The SMILES string of the molecule is Cl.O=C(NCC1CNC1)c1sc2cccc(F)c2c1COc1ccccc1. The molecule has 2 N–H and O–H groups in total. The van der Waals surface area contributed by atoms with Gasteiger partial charge < -0.3 is 15.4 Å². The maximum Gasteiger partial charge on any atom is 0.261 e. The van der Waals surface area contributed by atoms with Gasteiger partial charge in [-0.3, -0.25) is 4.79 Å². The molecule has 1 amide bonds. The van der Waals surface area contributed by atoms with Crippen LogP contribution in [0.3, 0.4) is 0 Å². The number of nitrogens with one attached hydrogen (secondary N) is 2. The van der Waals surface area contributed by atoms with Gasteiger partial charge in [0.2, 0.25) is 0 Å². The van der Waals surface area contributed by atoms with E-state index in [4.69, 9.17) is 4.74 Å². The minimum atomic E-state index is -0.326. The van der Waals surface area contributed by atoms with Crippen molar-refractivity contribution in [2.24, 2.45) is 5.92 Å². The van der Waals surface area contributed by atoms with Gasteiger partial charge in [-0.2, -0.15) is 0 Å². The quantitative estimate of drug-likeness (QED) is 0.650. The topological polar surface area (TPSA) is 50.4 Å². The summed E-state index contributed by atoms with van der Waals surface area (Å²) in [6.45, 7) is 2.62. The zero-order valence-electron chi connectivity index (χ0n) is 14.5. The maximum absolute atomic E-state index is 14.4. The zero-order chi connectivity index (χ0) is 17.9. The first-order chi connectivity index (χ1) is 12.7. The van der Waals surface area contributed by atoms with E-state index < -0.39 is 0 Å². The van der Waals surface area contributed by atoms with Crippen LogP contribution in [-0.2, 0) is 6.61 Å². The van der Waals surface area contributed by atoms with Gasteiger partial charge in [-0.05, 0) is 24.3 Å². The van der Waals surface area contributed by atoms with Crippen molar-refractivity contribution < 1.29 is 13.9 Å². The lowest BCUT2D eigenvalue weighted by Gasteiger charge is -2.27. The molecule has 0 bridgehead atoms. The normalized spacial score (nSPS) is 13.7. The second kappa shape index (κ2) is 8.69. The van der Waals surface area contributed by atoms with Gasteiger partial charge in [-0.25, -0.2) is 4.39 Å². The highest BCUT2D eigenvalue weighted by atomic mass is 35.5. The fraction of sp³-hybridized carbons (Fsp3) is 0.250.